The summed E-state index contributed by atoms with van der Waals surface area (Å²) < 4.78 is 48.7. The zero-order valence-electron chi connectivity index (χ0n) is 13.8. The Labute approximate surface area is 145 Å². The van der Waals surface area contributed by atoms with Crippen molar-refractivity contribution in [2.45, 2.75) is 4.90 Å². The summed E-state index contributed by atoms with van der Waals surface area (Å²) in [4.78, 5) is 11.9. The molecule has 25 heavy (non-hydrogen) atoms. The molecule has 0 fully saturated rings. The Hall–Kier alpha value is -2.45. The lowest BCUT2D eigenvalue weighted by atomic mass is 10.2. The van der Waals surface area contributed by atoms with Crippen LogP contribution in [0.3, 0.4) is 0 Å². The second kappa shape index (κ2) is 8.09. The number of hydrogen-bond acceptors (Lipinski definition) is 5. The Morgan fingerprint density at radius 3 is 2.28 bits per heavy atom. The second-order valence-corrected chi connectivity index (χ2v) is 7.37. The van der Waals surface area contributed by atoms with Gasteiger partial charge >= 0.3 is 5.97 Å². The summed E-state index contributed by atoms with van der Waals surface area (Å²) in [5.74, 6) is -0.986. The average molecular weight is 367 g/mol. The molecule has 0 aliphatic carbocycles. The highest BCUT2D eigenvalue weighted by Gasteiger charge is 2.16. The molecule has 2 aromatic rings. The first-order valence-electron chi connectivity index (χ1n) is 7.39. The molecule has 2 rings (SSSR count). The van der Waals surface area contributed by atoms with Gasteiger partial charge in [0.2, 0.25) is 10.0 Å². The molecule has 2 aromatic carbocycles. The van der Waals surface area contributed by atoms with E-state index in [1.165, 1.54) is 56.6 Å². The smallest absolute Gasteiger partial charge is 0.341 e. The van der Waals surface area contributed by atoms with Crippen LogP contribution in [0.2, 0.25) is 0 Å². The van der Waals surface area contributed by atoms with Gasteiger partial charge in [-0.3, -0.25) is 0 Å². The SMILES string of the molecule is CN(C)S(=O)(=O)c1ccc(OCCOC(=O)c2ccccc2F)cc1. The third kappa shape index (κ3) is 4.77. The summed E-state index contributed by atoms with van der Waals surface area (Å²) in [6.45, 7) is -0.00904. The zero-order chi connectivity index (χ0) is 18.4. The number of carbonyl (C=O) groups excluding carboxylic acids is 1. The Morgan fingerprint density at radius 2 is 1.68 bits per heavy atom. The van der Waals surface area contributed by atoms with Crippen molar-refractivity contribution in [3.63, 3.8) is 0 Å². The standard InChI is InChI=1S/C17H18FNO5S/c1-19(2)25(21,22)14-9-7-13(8-10-14)23-11-12-24-17(20)15-5-3-4-6-16(15)18/h3-10H,11-12H2,1-2H3. The fourth-order valence-corrected chi connectivity index (χ4v) is 2.82. The van der Waals surface area contributed by atoms with E-state index >= 15 is 0 Å². The summed E-state index contributed by atoms with van der Waals surface area (Å²) in [5, 5.41) is 0. The van der Waals surface area contributed by atoms with Gasteiger partial charge in [0.05, 0.1) is 10.5 Å². The maximum atomic E-state index is 13.4. The van der Waals surface area contributed by atoms with Crippen LogP contribution in [0.5, 0.6) is 5.75 Å². The van der Waals surface area contributed by atoms with E-state index in [9.17, 15) is 17.6 Å². The van der Waals surface area contributed by atoms with E-state index in [2.05, 4.69) is 0 Å². The second-order valence-electron chi connectivity index (χ2n) is 5.22. The number of esters is 1. The van der Waals surface area contributed by atoms with Crippen molar-refractivity contribution in [1.29, 1.82) is 0 Å². The lowest BCUT2D eigenvalue weighted by molar-refractivity contribution is 0.0445. The molecular weight excluding hydrogens is 349 g/mol. The molecule has 0 aromatic heterocycles. The van der Waals surface area contributed by atoms with Gasteiger partial charge in [-0.1, -0.05) is 12.1 Å². The number of hydrogen-bond donors (Lipinski definition) is 0. The molecule has 0 atom stereocenters. The molecule has 0 amide bonds. The minimum absolute atomic E-state index is 0.0555. The van der Waals surface area contributed by atoms with E-state index in [0.717, 1.165) is 4.31 Å². The normalized spacial score (nSPS) is 11.4. The number of benzene rings is 2. The highest BCUT2D eigenvalue weighted by Crippen LogP contribution is 2.18. The molecule has 0 aliphatic rings. The van der Waals surface area contributed by atoms with E-state index in [1.54, 1.807) is 6.07 Å². The average Bonchev–Trinajstić information content (AvgIpc) is 2.59. The molecule has 0 radical (unpaired) electrons. The fourth-order valence-electron chi connectivity index (χ4n) is 1.92. The van der Waals surface area contributed by atoms with Crippen molar-refractivity contribution < 1.29 is 27.1 Å². The van der Waals surface area contributed by atoms with Crippen LogP contribution >= 0.6 is 0 Å². The first kappa shape index (κ1) is 18.9. The zero-order valence-corrected chi connectivity index (χ0v) is 14.6. The lowest BCUT2D eigenvalue weighted by Gasteiger charge is -2.12. The van der Waals surface area contributed by atoms with Crippen molar-refractivity contribution in [2.24, 2.45) is 0 Å². The van der Waals surface area contributed by atoms with Gasteiger partial charge in [0.25, 0.3) is 0 Å². The van der Waals surface area contributed by atoms with Crippen molar-refractivity contribution in [3.05, 3.63) is 59.9 Å². The Kier molecular flexibility index (Phi) is 6.11. The number of rotatable bonds is 7. The molecule has 134 valence electrons. The van der Waals surface area contributed by atoms with Gasteiger partial charge in [0.1, 0.15) is 24.8 Å². The monoisotopic (exact) mass is 367 g/mol. The van der Waals surface area contributed by atoms with Crippen LogP contribution in [0.1, 0.15) is 10.4 Å². The molecule has 0 N–H and O–H groups in total. The van der Waals surface area contributed by atoms with Gasteiger partial charge in [-0.05, 0) is 36.4 Å². The first-order chi connectivity index (χ1) is 11.8. The molecule has 6 nitrogen and oxygen atoms in total. The third-order valence-corrected chi connectivity index (χ3v) is 5.11. The van der Waals surface area contributed by atoms with Gasteiger partial charge in [-0.15, -0.1) is 0 Å². The molecule has 0 bridgehead atoms. The number of nitrogens with zero attached hydrogens (tertiary/aromatic N) is 1. The van der Waals surface area contributed by atoms with Gasteiger partial charge in [0.15, 0.2) is 0 Å². The molecule has 0 spiro atoms. The fraction of sp³-hybridized carbons (Fsp3) is 0.235. The topological polar surface area (TPSA) is 72.9 Å². The largest absolute Gasteiger partial charge is 0.490 e. The van der Waals surface area contributed by atoms with Gasteiger partial charge in [-0.25, -0.2) is 21.9 Å². The van der Waals surface area contributed by atoms with Crippen LogP contribution in [0.4, 0.5) is 4.39 Å². The van der Waals surface area contributed by atoms with Gasteiger partial charge in [0, 0.05) is 14.1 Å². The van der Waals surface area contributed by atoms with E-state index in [-0.39, 0.29) is 23.7 Å². The van der Waals surface area contributed by atoms with Crippen molar-refractivity contribution in [1.82, 2.24) is 4.31 Å². The van der Waals surface area contributed by atoms with Crippen LogP contribution in [0, 0.1) is 5.82 Å². The van der Waals surface area contributed by atoms with Crippen LogP contribution in [-0.4, -0.2) is 46.0 Å². The van der Waals surface area contributed by atoms with E-state index in [4.69, 9.17) is 9.47 Å². The van der Waals surface area contributed by atoms with E-state index < -0.39 is 21.8 Å². The quantitative estimate of drug-likeness (QED) is 0.555. The molecular formula is C17H18FNO5S. The summed E-state index contributed by atoms with van der Waals surface area (Å²) >= 11 is 0. The van der Waals surface area contributed by atoms with Crippen LogP contribution in [0.25, 0.3) is 0 Å². The van der Waals surface area contributed by atoms with Crippen LogP contribution in [0.15, 0.2) is 53.4 Å². The molecule has 0 saturated heterocycles. The Bertz CT molecular complexity index is 834. The molecule has 0 heterocycles. The van der Waals surface area contributed by atoms with Crippen LogP contribution < -0.4 is 4.74 Å². The summed E-state index contributed by atoms with van der Waals surface area (Å²) in [6, 6.07) is 11.4. The Balaban J connectivity index is 1.85. The lowest BCUT2D eigenvalue weighted by Crippen LogP contribution is -2.22. The molecule has 0 unspecified atom stereocenters. The van der Waals surface area contributed by atoms with Crippen molar-refractivity contribution in [3.8, 4) is 5.75 Å². The molecule has 0 saturated carbocycles. The van der Waals surface area contributed by atoms with Gasteiger partial charge in [-0.2, -0.15) is 0 Å². The summed E-state index contributed by atoms with van der Waals surface area (Å²) in [5.41, 5.74) is -0.138. The number of carbonyl (C=O) groups is 1. The maximum absolute atomic E-state index is 13.4. The van der Waals surface area contributed by atoms with Crippen molar-refractivity contribution in [2.75, 3.05) is 27.3 Å². The maximum Gasteiger partial charge on any atom is 0.341 e. The number of ether oxygens (including phenoxy) is 2. The number of sulfonamides is 1. The summed E-state index contributed by atoms with van der Waals surface area (Å²) in [6.07, 6.45) is 0. The minimum Gasteiger partial charge on any atom is -0.490 e. The van der Waals surface area contributed by atoms with E-state index in [0.29, 0.717) is 5.75 Å². The first-order valence-corrected chi connectivity index (χ1v) is 8.83. The predicted octanol–water partition coefficient (Wildman–Crippen LogP) is 2.31. The minimum atomic E-state index is -3.49. The predicted molar refractivity (Wildman–Crippen MR) is 89.5 cm³/mol. The Morgan fingerprint density at radius 1 is 1.04 bits per heavy atom. The number of halogens is 1. The van der Waals surface area contributed by atoms with Crippen LogP contribution in [-0.2, 0) is 14.8 Å². The highest BCUT2D eigenvalue weighted by atomic mass is 32.2. The highest BCUT2D eigenvalue weighted by molar-refractivity contribution is 7.89. The molecule has 8 heteroatoms. The third-order valence-electron chi connectivity index (χ3n) is 3.28. The summed E-state index contributed by atoms with van der Waals surface area (Å²) in [7, 11) is -0.596. The van der Waals surface area contributed by atoms with Gasteiger partial charge < -0.3 is 9.47 Å². The van der Waals surface area contributed by atoms with Crippen molar-refractivity contribution >= 4 is 16.0 Å². The molecule has 0 aliphatic heterocycles. The van der Waals surface area contributed by atoms with E-state index in [1.807, 2.05) is 0 Å².